The Morgan fingerprint density at radius 1 is 1.11 bits per heavy atom. The standard InChI is InChI=1S/C21H25Cl2N3O/c1-25(15-17-4-2-3-5-20(17)23)21(27)24-19-10-12-26(13-11-19)14-16-6-8-18(22)9-7-16/h2-9,19H,10-15H2,1H3,(H,24,27). The predicted molar refractivity (Wildman–Crippen MR) is 111 cm³/mol. The lowest BCUT2D eigenvalue weighted by molar-refractivity contribution is 0.173. The van der Waals surface area contributed by atoms with Gasteiger partial charge in [-0.1, -0.05) is 53.5 Å². The number of rotatable bonds is 5. The number of hydrogen-bond acceptors (Lipinski definition) is 2. The third-order valence-corrected chi connectivity index (χ3v) is 5.57. The fourth-order valence-electron chi connectivity index (χ4n) is 3.32. The highest BCUT2D eigenvalue weighted by Crippen LogP contribution is 2.18. The molecule has 0 atom stereocenters. The van der Waals surface area contributed by atoms with E-state index in [1.54, 1.807) is 11.9 Å². The molecule has 0 saturated carbocycles. The van der Waals surface area contributed by atoms with Crippen molar-refractivity contribution in [1.82, 2.24) is 15.1 Å². The molecule has 0 bridgehead atoms. The van der Waals surface area contributed by atoms with Gasteiger partial charge in [0.15, 0.2) is 0 Å². The van der Waals surface area contributed by atoms with Crippen LogP contribution in [0.5, 0.6) is 0 Å². The molecule has 0 radical (unpaired) electrons. The summed E-state index contributed by atoms with van der Waals surface area (Å²) >= 11 is 12.1. The van der Waals surface area contributed by atoms with Crippen LogP contribution >= 0.6 is 23.2 Å². The molecule has 0 aliphatic carbocycles. The number of benzene rings is 2. The first-order chi connectivity index (χ1) is 13.0. The fraction of sp³-hybridized carbons (Fsp3) is 0.381. The van der Waals surface area contributed by atoms with E-state index in [9.17, 15) is 4.79 Å². The molecule has 27 heavy (non-hydrogen) atoms. The highest BCUT2D eigenvalue weighted by molar-refractivity contribution is 6.31. The first-order valence-electron chi connectivity index (χ1n) is 9.23. The van der Waals surface area contributed by atoms with Crippen LogP contribution in [-0.2, 0) is 13.1 Å². The van der Waals surface area contributed by atoms with Gasteiger partial charge in [0.1, 0.15) is 0 Å². The zero-order chi connectivity index (χ0) is 19.2. The van der Waals surface area contributed by atoms with E-state index < -0.39 is 0 Å². The maximum Gasteiger partial charge on any atom is 0.317 e. The van der Waals surface area contributed by atoms with Gasteiger partial charge in [-0.2, -0.15) is 0 Å². The number of halogens is 2. The van der Waals surface area contributed by atoms with Gasteiger partial charge in [0, 0.05) is 49.3 Å². The summed E-state index contributed by atoms with van der Waals surface area (Å²) in [6, 6.07) is 15.8. The second-order valence-electron chi connectivity index (χ2n) is 7.07. The number of carbonyl (C=O) groups is 1. The van der Waals surface area contributed by atoms with Gasteiger partial charge in [-0.05, 0) is 42.2 Å². The van der Waals surface area contributed by atoms with E-state index >= 15 is 0 Å². The van der Waals surface area contributed by atoms with Gasteiger partial charge in [0.05, 0.1) is 0 Å². The SMILES string of the molecule is CN(Cc1ccccc1Cl)C(=O)NC1CCN(Cc2ccc(Cl)cc2)CC1. The van der Waals surface area contributed by atoms with Crippen molar-refractivity contribution < 1.29 is 4.79 Å². The van der Waals surface area contributed by atoms with Gasteiger partial charge >= 0.3 is 6.03 Å². The van der Waals surface area contributed by atoms with Crippen LogP contribution in [0.2, 0.25) is 10.0 Å². The van der Waals surface area contributed by atoms with Crippen LogP contribution in [0.3, 0.4) is 0 Å². The van der Waals surface area contributed by atoms with Crippen LogP contribution in [0.25, 0.3) is 0 Å². The summed E-state index contributed by atoms with van der Waals surface area (Å²) in [7, 11) is 1.80. The lowest BCUT2D eigenvalue weighted by atomic mass is 10.0. The molecule has 0 aromatic heterocycles. The van der Waals surface area contributed by atoms with Crippen LogP contribution in [0.4, 0.5) is 4.79 Å². The Balaban J connectivity index is 1.43. The minimum Gasteiger partial charge on any atom is -0.335 e. The topological polar surface area (TPSA) is 35.6 Å². The van der Waals surface area contributed by atoms with E-state index in [1.165, 1.54) is 5.56 Å². The van der Waals surface area contributed by atoms with Gasteiger partial charge in [-0.3, -0.25) is 4.90 Å². The van der Waals surface area contributed by atoms with E-state index in [-0.39, 0.29) is 12.1 Å². The van der Waals surface area contributed by atoms with Crippen molar-refractivity contribution in [1.29, 1.82) is 0 Å². The third kappa shape index (κ3) is 5.86. The summed E-state index contributed by atoms with van der Waals surface area (Å²) in [4.78, 5) is 16.6. The Morgan fingerprint density at radius 3 is 2.44 bits per heavy atom. The second-order valence-corrected chi connectivity index (χ2v) is 7.92. The van der Waals surface area contributed by atoms with Gasteiger partial charge in [0.25, 0.3) is 0 Å². The zero-order valence-corrected chi connectivity index (χ0v) is 17.0. The van der Waals surface area contributed by atoms with Crippen LogP contribution in [-0.4, -0.2) is 42.0 Å². The lowest BCUT2D eigenvalue weighted by Crippen LogP contribution is -2.48. The molecule has 2 aromatic carbocycles. The summed E-state index contributed by atoms with van der Waals surface area (Å²) in [5.41, 5.74) is 2.22. The van der Waals surface area contributed by atoms with Crippen LogP contribution in [0.15, 0.2) is 48.5 Å². The number of nitrogens with zero attached hydrogens (tertiary/aromatic N) is 2. The molecule has 6 heteroatoms. The van der Waals surface area contributed by atoms with Gasteiger partial charge in [-0.15, -0.1) is 0 Å². The minimum absolute atomic E-state index is 0.0499. The Kier molecular flexibility index (Phi) is 7.00. The summed E-state index contributed by atoms with van der Waals surface area (Å²) < 4.78 is 0. The van der Waals surface area contributed by atoms with Crippen molar-refractivity contribution in [3.05, 3.63) is 69.7 Å². The van der Waals surface area contributed by atoms with Gasteiger partial charge in [0.2, 0.25) is 0 Å². The average molecular weight is 406 g/mol. The summed E-state index contributed by atoms with van der Waals surface area (Å²) in [5, 5.41) is 4.60. The highest BCUT2D eigenvalue weighted by Gasteiger charge is 2.22. The minimum atomic E-state index is -0.0499. The van der Waals surface area contributed by atoms with Crippen molar-refractivity contribution >= 4 is 29.2 Å². The molecule has 0 spiro atoms. The van der Waals surface area contributed by atoms with Crippen molar-refractivity contribution in [3.63, 3.8) is 0 Å². The van der Waals surface area contributed by atoms with Crippen LogP contribution < -0.4 is 5.32 Å². The molecule has 4 nitrogen and oxygen atoms in total. The quantitative estimate of drug-likeness (QED) is 0.774. The van der Waals surface area contributed by atoms with Crippen molar-refractivity contribution in [2.75, 3.05) is 20.1 Å². The number of carbonyl (C=O) groups excluding carboxylic acids is 1. The van der Waals surface area contributed by atoms with E-state index in [2.05, 4.69) is 22.3 Å². The molecule has 1 saturated heterocycles. The number of amides is 2. The van der Waals surface area contributed by atoms with Gasteiger partial charge < -0.3 is 10.2 Å². The predicted octanol–water partition coefficient (Wildman–Crippen LogP) is 4.80. The average Bonchev–Trinajstić information content (AvgIpc) is 2.67. The Labute approximate surface area is 171 Å². The number of likely N-dealkylation sites (tertiary alicyclic amines) is 1. The van der Waals surface area contributed by atoms with Crippen molar-refractivity contribution in [2.24, 2.45) is 0 Å². The molecule has 1 N–H and O–H groups in total. The maximum absolute atomic E-state index is 12.5. The number of piperidine rings is 1. The monoisotopic (exact) mass is 405 g/mol. The molecule has 0 unspecified atom stereocenters. The smallest absolute Gasteiger partial charge is 0.317 e. The normalized spacial score (nSPS) is 15.5. The zero-order valence-electron chi connectivity index (χ0n) is 15.5. The lowest BCUT2D eigenvalue weighted by Gasteiger charge is -2.33. The van der Waals surface area contributed by atoms with E-state index in [0.29, 0.717) is 11.6 Å². The van der Waals surface area contributed by atoms with E-state index in [0.717, 1.165) is 43.1 Å². The van der Waals surface area contributed by atoms with E-state index in [4.69, 9.17) is 23.2 Å². The van der Waals surface area contributed by atoms with Crippen LogP contribution in [0, 0.1) is 0 Å². The largest absolute Gasteiger partial charge is 0.335 e. The van der Waals surface area contributed by atoms with Crippen molar-refractivity contribution in [3.8, 4) is 0 Å². The Bertz CT molecular complexity index is 758. The Hall–Kier alpha value is -1.75. The molecule has 1 fully saturated rings. The van der Waals surface area contributed by atoms with Crippen molar-refractivity contribution in [2.45, 2.75) is 32.0 Å². The highest BCUT2D eigenvalue weighted by atomic mass is 35.5. The first kappa shape index (κ1) is 20.0. The second kappa shape index (κ2) is 9.45. The maximum atomic E-state index is 12.5. The molecular weight excluding hydrogens is 381 g/mol. The first-order valence-corrected chi connectivity index (χ1v) is 9.98. The molecule has 1 aliphatic heterocycles. The Morgan fingerprint density at radius 2 is 1.78 bits per heavy atom. The third-order valence-electron chi connectivity index (χ3n) is 4.95. The number of nitrogens with one attached hydrogen (secondary N) is 1. The summed E-state index contributed by atoms with van der Waals surface area (Å²) in [6.07, 6.45) is 1.92. The van der Waals surface area contributed by atoms with Crippen LogP contribution in [0.1, 0.15) is 24.0 Å². The van der Waals surface area contributed by atoms with E-state index in [1.807, 2.05) is 36.4 Å². The number of urea groups is 1. The van der Waals surface area contributed by atoms with Gasteiger partial charge in [-0.25, -0.2) is 4.79 Å². The fourth-order valence-corrected chi connectivity index (χ4v) is 3.64. The molecule has 2 amide bonds. The molecule has 1 heterocycles. The molecule has 1 aliphatic rings. The molecule has 3 rings (SSSR count). The summed E-state index contributed by atoms with van der Waals surface area (Å²) in [5.74, 6) is 0. The molecule has 2 aromatic rings. The number of hydrogen-bond donors (Lipinski definition) is 1. The summed E-state index contributed by atoms with van der Waals surface area (Å²) in [6.45, 7) is 3.37. The molecular formula is C21H25Cl2N3O. The molecule has 144 valence electrons.